The fourth-order valence-corrected chi connectivity index (χ4v) is 4.81. The number of rotatable bonds is 6. The molecule has 108 valence electrons. The zero-order valence-corrected chi connectivity index (χ0v) is 15.4. The van der Waals surface area contributed by atoms with Gasteiger partial charge in [0.15, 0.2) is 0 Å². The summed E-state index contributed by atoms with van der Waals surface area (Å²) in [7, 11) is 0. The second kappa shape index (κ2) is 7.09. The van der Waals surface area contributed by atoms with E-state index in [0.717, 1.165) is 17.1 Å². The smallest absolute Gasteiger partial charge is 0.00992 e. The monoisotopic (exact) mass is 396 g/mol. The lowest BCUT2D eigenvalue weighted by Gasteiger charge is -2.32. The van der Waals surface area contributed by atoms with Crippen molar-refractivity contribution in [3.05, 3.63) is 48.0 Å². The van der Waals surface area contributed by atoms with E-state index < -0.39 is 0 Å². The van der Waals surface area contributed by atoms with Crippen molar-refractivity contribution in [3.63, 3.8) is 0 Å². The summed E-state index contributed by atoms with van der Waals surface area (Å²) in [4.78, 5) is 0. The van der Waals surface area contributed by atoms with E-state index in [1.165, 1.54) is 22.8 Å². The minimum Gasteiger partial charge on any atom is -0.0922 e. The molecule has 2 aromatic carbocycles. The van der Waals surface area contributed by atoms with E-state index in [1.54, 1.807) is 0 Å². The summed E-state index contributed by atoms with van der Waals surface area (Å²) in [5, 5.41) is 4.80. The van der Waals surface area contributed by atoms with E-state index in [1.807, 2.05) is 0 Å². The van der Waals surface area contributed by atoms with Crippen LogP contribution in [-0.4, -0.2) is 10.7 Å². The van der Waals surface area contributed by atoms with Gasteiger partial charge in [-0.2, -0.15) is 0 Å². The summed E-state index contributed by atoms with van der Waals surface area (Å²) < 4.78 is 0. The van der Waals surface area contributed by atoms with Gasteiger partial charge in [-0.1, -0.05) is 88.2 Å². The van der Waals surface area contributed by atoms with Gasteiger partial charge in [-0.25, -0.2) is 0 Å². The highest BCUT2D eigenvalue weighted by Gasteiger charge is 2.29. The van der Waals surface area contributed by atoms with Crippen molar-refractivity contribution < 1.29 is 0 Å². The van der Waals surface area contributed by atoms with Crippen molar-refractivity contribution >= 4 is 42.6 Å². The maximum absolute atomic E-state index is 3.75. The summed E-state index contributed by atoms with van der Waals surface area (Å²) in [6.07, 6.45) is 2.34. The van der Waals surface area contributed by atoms with E-state index in [2.05, 4.69) is 88.2 Å². The lowest BCUT2D eigenvalue weighted by Crippen LogP contribution is -2.29. The second-order valence-electron chi connectivity index (χ2n) is 6.18. The number of benzene rings is 2. The first-order chi connectivity index (χ1) is 9.60. The number of halogens is 2. The largest absolute Gasteiger partial charge is 0.0922 e. The number of hydrogen-bond donors (Lipinski definition) is 0. The second-order valence-corrected chi connectivity index (χ2v) is 7.30. The van der Waals surface area contributed by atoms with E-state index in [-0.39, 0.29) is 5.41 Å². The molecule has 0 saturated heterocycles. The van der Waals surface area contributed by atoms with E-state index in [9.17, 15) is 0 Å². The van der Waals surface area contributed by atoms with Crippen LogP contribution in [0.3, 0.4) is 0 Å². The van der Waals surface area contributed by atoms with Crippen LogP contribution in [0.4, 0.5) is 0 Å². The van der Waals surface area contributed by atoms with E-state index in [0.29, 0.717) is 5.92 Å². The third-order valence-corrected chi connectivity index (χ3v) is 6.23. The van der Waals surface area contributed by atoms with Crippen molar-refractivity contribution in [1.82, 2.24) is 0 Å². The van der Waals surface area contributed by atoms with Gasteiger partial charge in [0.2, 0.25) is 0 Å². The molecule has 20 heavy (non-hydrogen) atoms. The van der Waals surface area contributed by atoms with Crippen molar-refractivity contribution in [1.29, 1.82) is 0 Å². The van der Waals surface area contributed by atoms with Crippen LogP contribution in [0.2, 0.25) is 0 Å². The van der Waals surface area contributed by atoms with Gasteiger partial charge in [-0.05, 0) is 40.5 Å². The first-order valence-corrected chi connectivity index (χ1v) is 9.43. The Kier molecular flexibility index (Phi) is 5.68. The Morgan fingerprint density at radius 2 is 1.60 bits per heavy atom. The molecule has 0 atom stereocenters. The first-order valence-electron chi connectivity index (χ1n) is 7.19. The minimum absolute atomic E-state index is 0.290. The Bertz CT molecular complexity index is 551. The van der Waals surface area contributed by atoms with Gasteiger partial charge in [0.1, 0.15) is 0 Å². The normalized spacial score (nSPS) is 12.2. The lowest BCUT2D eigenvalue weighted by atomic mass is 9.78. The van der Waals surface area contributed by atoms with Crippen LogP contribution in [0.15, 0.2) is 42.5 Å². The van der Waals surface area contributed by atoms with Crippen molar-refractivity contribution in [3.8, 4) is 0 Å². The fourth-order valence-electron chi connectivity index (χ4n) is 3.03. The van der Waals surface area contributed by atoms with Crippen LogP contribution in [-0.2, 0) is 6.42 Å². The quantitative estimate of drug-likeness (QED) is 0.508. The van der Waals surface area contributed by atoms with Crippen molar-refractivity contribution in [2.75, 3.05) is 10.7 Å². The number of alkyl halides is 2. The third kappa shape index (κ3) is 3.65. The lowest BCUT2D eigenvalue weighted by molar-refractivity contribution is 0.305. The predicted octanol–water partition coefficient (Wildman–Crippen LogP) is 6.20. The zero-order chi connectivity index (χ0) is 14.6. The highest BCUT2D eigenvalue weighted by molar-refractivity contribution is 9.09. The molecular weight excluding hydrogens is 376 g/mol. The highest BCUT2D eigenvalue weighted by Crippen LogP contribution is 2.36. The Morgan fingerprint density at radius 1 is 0.950 bits per heavy atom. The average molecular weight is 398 g/mol. The first kappa shape index (κ1) is 16.0. The van der Waals surface area contributed by atoms with Crippen LogP contribution < -0.4 is 0 Å². The third-order valence-electron chi connectivity index (χ3n) is 3.85. The fraction of sp³-hybridized carbons (Fsp3) is 0.444. The molecule has 2 aromatic rings. The topological polar surface area (TPSA) is 0 Å². The van der Waals surface area contributed by atoms with Gasteiger partial charge in [0, 0.05) is 10.7 Å². The molecule has 0 aliphatic carbocycles. The number of hydrogen-bond acceptors (Lipinski definition) is 0. The van der Waals surface area contributed by atoms with E-state index in [4.69, 9.17) is 0 Å². The molecule has 2 heteroatoms. The molecule has 0 radical (unpaired) electrons. The van der Waals surface area contributed by atoms with Crippen LogP contribution in [0, 0.1) is 11.3 Å². The maximum atomic E-state index is 3.75. The minimum atomic E-state index is 0.290. The van der Waals surface area contributed by atoms with E-state index >= 15 is 0 Å². The molecule has 0 bridgehead atoms. The van der Waals surface area contributed by atoms with Crippen LogP contribution in [0.5, 0.6) is 0 Å². The Hall–Kier alpha value is -0.340. The molecule has 0 heterocycles. The molecule has 0 aromatic heterocycles. The maximum Gasteiger partial charge on any atom is 0.00992 e. The molecule has 0 amide bonds. The summed E-state index contributed by atoms with van der Waals surface area (Å²) >= 11 is 7.51. The van der Waals surface area contributed by atoms with Crippen LogP contribution in [0.1, 0.15) is 25.8 Å². The average Bonchev–Trinajstić information content (AvgIpc) is 2.46. The van der Waals surface area contributed by atoms with Crippen LogP contribution >= 0.6 is 31.9 Å². The standard InChI is InChI=1S/C18H22Br2/c1-14(2)10-18(12-19,13-20)11-16-8-5-7-15-6-3-4-9-17(15)16/h3-9,14H,10-13H2,1-2H3. The molecule has 0 fully saturated rings. The summed E-state index contributed by atoms with van der Waals surface area (Å²) in [6.45, 7) is 4.62. The highest BCUT2D eigenvalue weighted by atomic mass is 79.9. The molecule has 0 nitrogen and oxygen atoms in total. The van der Waals surface area contributed by atoms with Gasteiger partial charge in [0.25, 0.3) is 0 Å². The molecule has 2 rings (SSSR count). The molecule has 0 spiro atoms. The van der Waals surface area contributed by atoms with Gasteiger partial charge in [-0.15, -0.1) is 0 Å². The SMILES string of the molecule is CC(C)CC(CBr)(CBr)Cc1cccc2ccccc12. The molecular formula is C18H22Br2. The summed E-state index contributed by atoms with van der Waals surface area (Å²) in [6, 6.07) is 15.4. The van der Waals surface area contributed by atoms with Crippen molar-refractivity contribution in [2.45, 2.75) is 26.7 Å². The van der Waals surface area contributed by atoms with Gasteiger partial charge < -0.3 is 0 Å². The number of fused-ring (bicyclic) bond motifs is 1. The molecule has 0 saturated carbocycles. The van der Waals surface area contributed by atoms with Gasteiger partial charge in [-0.3, -0.25) is 0 Å². The predicted molar refractivity (Wildman–Crippen MR) is 97.1 cm³/mol. The van der Waals surface area contributed by atoms with Crippen LogP contribution in [0.25, 0.3) is 10.8 Å². The van der Waals surface area contributed by atoms with Crippen molar-refractivity contribution in [2.24, 2.45) is 11.3 Å². The summed E-state index contributed by atoms with van der Waals surface area (Å²) in [5.74, 6) is 0.708. The Labute approximate surface area is 139 Å². The molecule has 0 unspecified atom stereocenters. The summed E-state index contributed by atoms with van der Waals surface area (Å²) in [5.41, 5.74) is 1.75. The van der Waals surface area contributed by atoms with Gasteiger partial charge >= 0.3 is 0 Å². The molecule has 0 aliphatic heterocycles. The molecule has 0 aliphatic rings. The molecule has 0 N–H and O–H groups in total. The zero-order valence-electron chi connectivity index (χ0n) is 12.2. The Morgan fingerprint density at radius 3 is 2.25 bits per heavy atom. The van der Waals surface area contributed by atoms with Gasteiger partial charge in [0.05, 0.1) is 0 Å². The Balaban J connectivity index is 2.38.